The maximum atomic E-state index is 5.13. The van der Waals surface area contributed by atoms with E-state index in [1.165, 1.54) is 0 Å². The third kappa shape index (κ3) is 3.95. The van der Waals surface area contributed by atoms with Gasteiger partial charge < -0.3 is 5.32 Å². The van der Waals surface area contributed by atoms with Gasteiger partial charge in [-0.1, -0.05) is 0 Å². The minimum atomic E-state index is 0.814. The van der Waals surface area contributed by atoms with E-state index in [2.05, 4.69) is 32.2 Å². The zero-order valence-corrected chi connectivity index (χ0v) is 8.84. The highest BCUT2D eigenvalue weighted by Gasteiger charge is 1.92. The minimum Gasteiger partial charge on any atom is -0.384 e. The maximum absolute atomic E-state index is 5.13. The second-order valence-corrected chi connectivity index (χ2v) is 3.54. The fraction of sp³-hybridized carbons (Fsp3) is 0.300. The van der Waals surface area contributed by atoms with Crippen molar-refractivity contribution in [1.82, 2.24) is 4.98 Å². The predicted octanol–water partition coefficient (Wildman–Crippen LogP) is 2.67. The highest BCUT2D eigenvalue weighted by atomic mass is 79.9. The summed E-state index contributed by atoms with van der Waals surface area (Å²) in [7, 11) is 0. The maximum Gasteiger partial charge on any atom is 0.0538 e. The van der Waals surface area contributed by atoms with Gasteiger partial charge in [0, 0.05) is 23.6 Å². The van der Waals surface area contributed by atoms with E-state index in [4.69, 9.17) is 6.42 Å². The molecule has 68 valence electrons. The van der Waals surface area contributed by atoms with E-state index < -0.39 is 0 Å². The Morgan fingerprint density at radius 1 is 1.54 bits per heavy atom. The van der Waals surface area contributed by atoms with Gasteiger partial charge in [-0.2, -0.15) is 0 Å². The van der Waals surface area contributed by atoms with Gasteiger partial charge in [-0.3, -0.25) is 4.98 Å². The monoisotopic (exact) mass is 238 g/mol. The molecule has 0 unspecified atom stereocenters. The van der Waals surface area contributed by atoms with Gasteiger partial charge in [-0.05, 0) is 28.4 Å². The van der Waals surface area contributed by atoms with Gasteiger partial charge in [-0.25, -0.2) is 0 Å². The number of nitrogens with one attached hydrogen (secondary N) is 1. The van der Waals surface area contributed by atoms with Crippen LogP contribution in [-0.4, -0.2) is 11.5 Å². The summed E-state index contributed by atoms with van der Waals surface area (Å²) in [4.78, 5) is 4.03. The Morgan fingerprint density at radius 3 is 3.08 bits per heavy atom. The fourth-order valence-electron chi connectivity index (χ4n) is 0.932. The summed E-state index contributed by atoms with van der Waals surface area (Å²) >= 11 is 3.35. The Bertz CT molecular complexity index is 304. The molecule has 13 heavy (non-hydrogen) atoms. The second-order valence-electron chi connectivity index (χ2n) is 2.63. The number of hydrogen-bond donors (Lipinski definition) is 1. The number of aromatic nitrogens is 1. The number of rotatable bonds is 4. The number of hydrogen-bond acceptors (Lipinski definition) is 2. The Morgan fingerprint density at radius 2 is 2.38 bits per heavy atom. The molecular weight excluding hydrogens is 228 g/mol. The standard InChI is InChI=1S/C10H11BrN2/c1-2-3-4-5-13-10-6-9(11)7-12-8-10/h1,6-8,13H,3-5H2. The van der Waals surface area contributed by atoms with E-state index in [1.54, 1.807) is 12.4 Å². The molecular formula is C10H11BrN2. The molecule has 0 aliphatic carbocycles. The molecule has 1 N–H and O–H groups in total. The largest absolute Gasteiger partial charge is 0.384 e. The van der Waals surface area contributed by atoms with Crippen molar-refractivity contribution < 1.29 is 0 Å². The Kier molecular flexibility index (Phi) is 4.34. The van der Waals surface area contributed by atoms with Crippen molar-refractivity contribution in [3.8, 4) is 12.3 Å². The van der Waals surface area contributed by atoms with Crippen molar-refractivity contribution in [1.29, 1.82) is 0 Å². The smallest absolute Gasteiger partial charge is 0.0538 e. The van der Waals surface area contributed by atoms with E-state index >= 15 is 0 Å². The summed E-state index contributed by atoms with van der Waals surface area (Å²) in [6.45, 7) is 0.891. The summed E-state index contributed by atoms with van der Waals surface area (Å²) in [6, 6.07) is 1.99. The van der Waals surface area contributed by atoms with Crippen molar-refractivity contribution in [3.63, 3.8) is 0 Å². The first-order valence-corrected chi connectivity index (χ1v) is 4.90. The van der Waals surface area contributed by atoms with Crippen LogP contribution < -0.4 is 5.32 Å². The third-order valence-corrected chi connectivity index (χ3v) is 1.97. The van der Waals surface area contributed by atoms with Crippen LogP contribution in [0.3, 0.4) is 0 Å². The van der Waals surface area contributed by atoms with Crippen molar-refractivity contribution in [3.05, 3.63) is 22.9 Å². The van der Waals surface area contributed by atoms with Crippen LogP contribution >= 0.6 is 15.9 Å². The van der Waals surface area contributed by atoms with E-state index in [0.29, 0.717) is 0 Å². The number of terminal acetylenes is 1. The van der Waals surface area contributed by atoms with E-state index in [9.17, 15) is 0 Å². The van der Waals surface area contributed by atoms with Crippen LogP contribution in [0.1, 0.15) is 12.8 Å². The zero-order chi connectivity index (χ0) is 9.52. The van der Waals surface area contributed by atoms with Crippen LogP contribution in [0.4, 0.5) is 5.69 Å². The summed E-state index contributed by atoms with van der Waals surface area (Å²) < 4.78 is 0.981. The number of unbranched alkanes of at least 4 members (excludes halogenated alkanes) is 1. The predicted molar refractivity (Wildman–Crippen MR) is 58.5 cm³/mol. The molecule has 1 heterocycles. The van der Waals surface area contributed by atoms with Gasteiger partial charge in [0.15, 0.2) is 0 Å². The summed E-state index contributed by atoms with van der Waals surface area (Å²) in [5, 5.41) is 3.23. The van der Waals surface area contributed by atoms with Crippen LogP contribution in [0.25, 0.3) is 0 Å². The molecule has 0 radical (unpaired) electrons. The normalized spacial score (nSPS) is 9.23. The van der Waals surface area contributed by atoms with E-state index in [1.807, 2.05) is 6.07 Å². The number of nitrogens with zero attached hydrogens (tertiary/aromatic N) is 1. The quantitative estimate of drug-likeness (QED) is 0.645. The number of halogens is 1. The van der Waals surface area contributed by atoms with E-state index in [0.717, 1.165) is 29.5 Å². The summed E-state index contributed by atoms with van der Waals surface area (Å²) in [5.74, 6) is 2.60. The van der Waals surface area contributed by atoms with Crippen LogP contribution in [0, 0.1) is 12.3 Å². The molecule has 1 rings (SSSR count). The van der Waals surface area contributed by atoms with Gasteiger partial charge in [0.2, 0.25) is 0 Å². The molecule has 0 saturated carbocycles. The van der Waals surface area contributed by atoms with Gasteiger partial charge in [-0.15, -0.1) is 12.3 Å². The van der Waals surface area contributed by atoms with Crippen molar-refractivity contribution >= 4 is 21.6 Å². The SMILES string of the molecule is C#CCCCNc1cncc(Br)c1. The molecule has 0 saturated heterocycles. The lowest BCUT2D eigenvalue weighted by Crippen LogP contribution is -2.00. The van der Waals surface area contributed by atoms with Gasteiger partial charge in [0.1, 0.15) is 0 Å². The first-order valence-electron chi connectivity index (χ1n) is 4.11. The Labute approximate surface area is 86.9 Å². The van der Waals surface area contributed by atoms with E-state index in [-0.39, 0.29) is 0 Å². The van der Waals surface area contributed by atoms with Crippen LogP contribution in [0.2, 0.25) is 0 Å². The average molecular weight is 239 g/mol. The molecule has 2 nitrogen and oxygen atoms in total. The minimum absolute atomic E-state index is 0.814. The lowest BCUT2D eigenvalue weighted by Gasteiger charge is -2.03. The lowest BCUT2D eigenvalue weighted by molar-refractivity contribution is 0.906. The number of pyridine rings is 1. The summed E-state index contributed by atoms with van der Waals surface area (Å²) in [6.07, 6.45) is 10.5. The zero-order valence-electron chi connectivity index (χ0n) is 7.26. The van der Waals surface area contributed by atoms with Crippen molar-refractivity contribution in [2.24, 2.45) is 0 Å². The Balaban J connectivity index is 2.33. The second kappa shape index (κ2) is 5.60. The topological polar surface area (TPSA) is 24.9 Å². The van der Waals surface area contributed by atoms with Gasteiger partial charge in [0.05, 0.1) is 11.9 Å². The molecule has 0 fully saturated rings. The number of anilines is 1. The third-order valence-electron chi connectivity index (χ3n) is 1.53. The molecule has 0 spiro atoms. The fourth-order valence-corrected chi connectivity index (χ4v) is 1.30. The molecule has 0 aromatic carbocycles. The van der Waals surface area contributed by atoms with Crippen LogP contribution in [0.15, 0.2) is 22.9 Å². The molecule has 0 bridgehead atoms. The van der Waals surface area contributed by atoms with Crippen LogP contribution in [-0.2, 0) is 0 Å². The highest BCUT2D eigenvalue weighted by Crippen LogP contribution is 2.13. The highest BCUT2D eigenvalue weighted by molar-refractivity contribution is 9.10. The first kappa shape index (κ1) is 10.1. The molecule has 1 aromatic rings. The molecule has 0 aliphatic heterocycles. The molecule has 1 aromatic heterocycles. The molecule has 3 heteroatoms. The van der Waals surface area contributed by atoms with Crippen LogP contribution in [0.5, 0.6) is 0 Å². The Hall–Kier alpha value is -1.01. The first-order chi connectivity index (χ1) is 6.33. The lowest BCUT2D eigenvalue weighted by atomic mass is 10.3. The molecule has 0 amide bonds. The molecule has 0 atom stereocenters. The van der Waals surface area contributed by atoms with Gasteiger partial charge in [0.25, 0.3) is 0 Å². The van der Waals surface area contributed by atoms with Crippen molar-refractivity contribution in [2.75, 3.05) is 11.9 Å². The average Bonchev–Trinajstić information content (AvgIpc) is 2.13. The van der Waals surface area contributed by atoms with Gasteiger partial charge >= 0.3 is 0 Å². The van der Waals surface area contributed by atoms with Crippen molar-refractivity contribution in [2.45, 2.75) is 12.8 Å². The summed E-state index contributed by atoms with van der Waals surface area (Å²) in [5.41, 5.74) is 1.02. The molecule has 0 aliphatic rings.